The number of aryl methyl sites for hydroxylation is 1. The molecule has 34 heavy (non-hydrogen) atoms. The minimum atomic E-state index is -0.635. The Morgan fingerprint density at radius 2 is 1.88 bits per heavy atom. The highest BCUT2D eigenvalue weighted by molar-refractivity contribution is 5.94. The van der Waals surface area contributed by atoms with E-state index in [-0.39, 0.29) is 11.4 Å². The molecule has 3 heterocycles. The van der Waals surface area contributed by atoms with E-state index in [1.807, 2.05) is 12.1 Å². The highest BCUT2D eigenvalue weighted by Crippen LogP contribution is 2.37. The molecule has 4 rings (SSSR count). The number of methoxy groups -OCH3 is 1. The van der Waals surface area contributed by atoms with Gasteiger partial charge in [-0.1, -0.05) is 6.07 Å². The van der Waals surface area contributed by atoms with Gasteiger partial charge in [-0.3, -0.25) is 10.1 Å². The molecule has 1 aromatic carbocycles. The van der Waals surface area contributed by atoms with Crippen LogP contribution in [0.25, 0.3) is 27.9 Å². The molecule has 11 nitrogen and oxygen atoms in total. The topological polar surface area (TPSA) is 139 Å². The van der Waals surface area contributed by atoms with Crippen LogP contribution in [0.2, 0.25) is 0 Å². The Morgan fingerprint density at radius 1 is 1.12 bits per heavy atom. The van der Waals surface area contributed by atoms with Gasteiger partial charge in [-0.05, 0) is 44.5 Å². The van der Waals surface area contributed by atoms with Crippen molar-refractivity contribution in [2.75, 3.05) is 18.2 Å². The molecule has 176 valence electrons. The minimum absolute atomic E-state index is 0.254. The zero-order valence-electron chi connectivity index (χ0n) is 19.5. The van der Waals surface area contributed by atoms with Crippen LogP contribution < -0.4 is 21.3 Å². The van der Waals surface area contributed by atoms with Crippen LogP contribution >= 0.6 is 0 Å². The number of rotatable bonds is 4. The number of nitrogens with one attached hydrogen (secondary N) is 1. The van der Waals surface area contributed by atoms with E-state index in [2.05, 4.69) is 20.5 Å². The first-order valence-electron chi connectivity index (χ1n) is 10.4. The van der Waals surface area contributed by atoms with E-state index in [0.717, 1.165) is 11.1 Å². The molecule has 11 heteroatoms. The first kappa shape index (κ1) is 22.8. The number of benzene rings is 1. The lowest BCUT2D eigenvalue weighted by molar-refractivity contribution is 0.0635. The summed E-state index contributed by atoms with van der Waals surface area (Å²) < 4.78 is 13.7. The van der Waals surface area contributed by atoms with Crippen molar-refractivity contribution in [3.8, 4) is 28.1 Å². The van der Waals surface area contributed by atoms with E-state index < -0.39 is 11.7 Å². The van der Waals surface area contributed by atoms with Crippen LogP contribution in [0.5, 0.6) is 5.75 Å². The molecule has 0 saturated heterocycles. The lowest BCUT2D eigenvalue weighted by atomic mass is 10.0. The third-order valence-corrected chi connectivity index (χ3v) is 4.99. The molecule has 0 aliphatic rings. The molecule has 0 aliphatic carbocycles. The fourth-order valence-electron chi connectivity index (χ4n) is 3.48. The molecule has 0 atom stereocenters. The molecule has 0 spiro atoms. The fraction of sp³-hybridized carbons (Fsp3) is 0.261. The quantitative estimate of drug-likeness (QED) is 0.471. The second-order valence-electron chi connectivity index (χ2n) is 8.60. The largest absolute Gasteiger partial charge is 0.495 e. The first-order chi connectivity index (χ1) is 16.1. The SMILES string of the molecule is COc1cc(-c2cc(-c3cnn(C)c(=O)c3)n3ncnc(N)c23)ccc1NC(=O)OC(C)(C)C. The maximum Gasteiger partial charge on any atom is 0.412 e. The number of ether oxygens (including phenoxy) is 2. The lowest BCUT2D eigenvalue weighted by Gasteiger charge is -2.20. The zero-order valence-corrected chi connectivity index (χ0v) is 19.5. The van der Waals surface area contributed by atoms with Crippen molar-refractivity contribution in [2.45, 2.75) is 26.4 Å². The van der Waals surface area contributed by atoms with Crippen LogP contribution in [-0.4, -0.2) is 43.2 Å². The van der Waals surface area contributed by atoms with Gasteiger partial charge in [0.05, 0.1) is 24.7 Å². The number of anilines is 2. The van der Waals surface area contributed by atoms with Crippen LogP contribution in [0.3, 0.4) is 0 Å². The number of hydrogen-bond donors (Lipinski definition) is 2. The molecule has 0 radical (unpaired) electrons. The summed E-state index contributed by atoms with van der Waals surface area (Å²) in [4.78, 5) is 28.5. The monoisotopic (exact) mass is 463 g/mol. The summed E-state index contributed by atoms with van der Waals surface area (Å²) in [5, 5.41) is 11.1. The van der Waals surface area contributed by atoms with Crippen molar-refractivity contribution >= 4 is 23.1 Å². The number of nitrogen functional groups attached to an aromatic ring is 1. The summed E-state index contributed by atoms with van der Waals surface area (Å²) in [6.07, 6.45) is 2.34. The van der Waals surface area contributed by atoms with Crippen LogP contribution in [0.15, 0.2) is 47.7 Å². The van der Waals surface area contributed by atoms with Gasteiger partial charge in [0.25, 0.3) is 5.56 Å². The average Bonchev–Trinajstić information content (AvgIpc) is 3.15. The van der Waals surface area contributed by atoms with Crippen LogP contribution in [-0.2, 0) is 11.8 Å². The molecule has 0 fully saturated rings. The Hall–Kier alpha value is -4.41. The summed E-state index contributed by atoms with van der Waals surface area (Å²) in [6, 6.07) is 8.61. The van der Waals surface area contributed by atoms with E-state index in [1.54, 1.807) is 50.7 Å². The molecule has 0 saturated carbocycles. The van der Waals surface area contributed by atoms with Gasteiger partial charge in [0.1, 0.15) is 23.2 Å². The van der Waals surface area contributed by atoms with Gasteiger partial charge < -0.3 is 15.2 Å². The molecule has 3 N–H and O–H groups in total. The molecule has 0 unspecified atom stereocenters. The summed E-state index contributed by atoms with van der Waals surface area (Å²) in [5.41, 5.74) is 9.00. The molecule has 0 aliphatic heterocycles. The van der Waals surface area contributed by atoms with Gasteiger partial charge in [-0.25, -0.2) is 19.0 Å². The van der Waals surface area contributed by atoms with Crippen molar-refractivity contribution in [2.24, 2.45) is 7.05 Å². The maximum atomic E-state index is 12.2. The van der Waals surface area contributed by atoms with Crippen LogP contribution in [0, 0.1) is 0 Å². The van der Waals surface area contributed by atoms with Gasteiger partial charge in [0, 0.05) is 24.2 Å². The third kappa shape index (κ3) is 4.40. The molecular formula is C23H25N7O4. The summed E-state index contributed by atoms with van der Waals surface area (Å²) in [6.45, 7) is 5.35. The first-order valence-corrected chi connectivity index (χ1v) is 10.4. The molecule has 0 bridgehead atoms. The number of carbonyl (C=O) groups excluding carboxylic acids is 1. The van der Waals surface area contributed by atoms with Gasteiger partial charge in [-0.2, -0.15) is 10.2 Å². The summed E-state index contributed by atoms with van der Waals surface area (Å²) >= 11 is 0. The Morgan fingerprint density at radius 3 is 2.56 bits per heavy atom. The van der Waals surface area contributed by atoms with E-state index in [0.29, 0.717) is 28.2 Å². The van der Waals surface area contributed by atoms with Crippen molar-refractivity contribution in [3.05, 3.63) is 53.2 Å². The van der Waals surface area contributed by atoms with E-state index >= 15 is 0 Å². The number of hydrogen-bond acceptors (Lipinski definition) is 8. The van der Waals surface area contributed by atoms with E-state index in [4.69, 9.17) is 15.2 Å². The number of amides is 1. The predicted molar refractivity (Wildman–Crippen MR) is 128 cm³/mol. The van der Waals surface area contributed by atoms with E-state index in [9.17, 15) is 9.59 Å². The van der Waals surface area contributed by atoms with Gasteiger partial charge in [0.15, 0.2) is 5.82 Å². The normalized spacial score (nSPS) is 11.4. The molecule has 1 amide bonds. The van der Waals surface area contributed by atoms with Crippen molar-refractivity contribution in [1.29, 1.82) is 0 Å². The standard InChI is InChI=1S/C23H25N7O4/c1-23(2,3)34-22(32)28-16-7-6-13(8-18(16)33-5)15-10-17(14-9-19(31)29(4)26-11-14)30-20(15)21(24)25-12-27-30/h6-12H,1-5H3,(H,28,32)(H2,24,25,27). The Kier molecular flexibility index (Phi) is 5.70. The van der Waals surface area contributed by atoms with Gasteiger partial charge in [-0.15, -0.1) is 0 Å². The number of aromatic nitrogens is 5. The Balaban J connectivity index is 1.81. The van der Waals surface area contributed by atoms with Crippen LogP contribution in [0.4, 0.5) is 16.3 Å². The lowest BCUT2D eigenvalue weighted by Crippen LogP contribution is -2.27. The fourth-order valence-corrected chi connectivity index (χ4v) is 3.48. The third-order valence-electron chi connectivity index (χ3n) is 4.99. The average molecular weight is 463 g/mol. The molecular weight excluding hydrogens is 438 g/mol. The highest BCUT2D eigenvalue weighted by Gasteiger charge is 2.20. The van der Waals surface area contributed by atoms with Crippen molar-refractivity contribution in [3.63, 3.8) is 0 Å². The number of nitrogens with two attached hydrogens (primary N) is 1. The smallest absolute Gasteiger partial charge is 0.412 e. The number of carbonyl (C=O) groups is 1. The van der Waals surface area contributed by atoms with Gasteiger partial charge in [0.2, 0.25) is 0 Å². The number of nitrogens with zero attached hydrogens (tertiary/aromatic N) is 5. The summed E-state index contributed by atoms with van der Waals surface area (Å²) in [5.74, 6) is 0.692. The minimum Gasteiger partial charge on any atom is -0.495 e. The Bertz CT molecular complexity index is 1450. The second-order valence-corrected chi connectivity index (χ2v) is 8.60. The predicted octanol–water partition coefficient (Wildman–Crippen LogP) is 3.09. The van der Waals surface area contributed by atoms with Gasteiger partial charge >= 0.3 is 6.09 Å². The van der Waals surface area contributed by atoms with Crippen LogP contribution in [0.1, 0.15) is 20.8 Å². The van der Waals surface area contributed by atoms with Crippen molar-refractivity contribution in [1.82, 2.24) is 24.4 Å². The zero-order chi connectivity index (χ0) is 24.6. The summed E-state index contributed by atoms with van der Waals surface area (Å²) in [7, 11) is 3.08. The maximum absolute atomic E-state index is 12.2. The molecule has 4 aromatic rings. The highest BCUT2D eigenvalue weighted by atomic mass is 16.6. The Labute approximate surface area is 195 Å². The van der Waals surface area contributed by atoms with Crippen molar-refractivity contribution < 1.29 is 14.3 Å². The second kappa shape index (κ2) is 8.50. The molecule has 3 aromatic heterocycles. The van der Waals surface area contributed by atoms with E-state index in [1.165, 1.54) is 24.2 Å². The number of fused-ring (bicyclic) bond motifs is 1.